The van der Waals surface area contributed by atoms with E-state index in [1.807, 2.05) is 39.8 Å². The van der Waals surface area contributed by atoms with Gasteiger partial charge in [0.05, 0.1) is 4.92 Å². The van der Waals surface area contributed by atoms with E-state index in [9.17, 15) is 14.9 Å². The van der Waals surface area contributed by atoms with Crippen LogP contribution in [0.15, 0.2) is 18.2 Å². The van der Waals surface area contributed by atoms with Crippen molar-refractivity contribution in [2.45, 2.75) is 65.1 Å². The van der Waals surface area contributed by atoms with Crippen LogP contribution in [0.1, 0.15) is 51.7 Å². The van der Waals surface area contributed by atoms with Crippen LogP contribution in [0.5, 0.6) is 0 Å². The van der Waals surface area contributed by atoms with Crippen molar-refractivity contribution in [1.29, 1.82) is 0 Å². The number of nitrogens with zero attached hydrogens (tertiary/aromatic N) is 2. The second-order valence-corrected chi connectivity index (χ2v) is 7.70. The van der Waals surface area contributed by atoms with Crippen molar-refractivity contribution < 1.29 is 14.5 Å². The number of hydrogen-bond acceptors (Lipinski definition) is 5. The maximum absolute atomic E-state index is 12.1. The van der Waals surface area contributed by atoms with Gasteiger partial charge in [-0.25, -0.2) is 4.79 Å². The van der Waals surface area contributed by atoms with Crippen molar-refractivity contribution in [3.63, 3.8) is 0 Å². The van der Waals surface area contributed by atoms with Crippen molar-refractivity contribution in [3.8, 4) is 0 Å². The molecule has 0 radical (unpaired) electrons. The van der Waals surface area contributed by atoms with Crippen LogP contribution >= 0.6 is 0 Å². The lowest BCUT2D eigenvalue weighted by Crippen LogP contribution is -2.46. The molecule has 0 spiro atoms. The Labute approximate surface area is 154 Å². The maximum atomic E-state index is 12.1. The maximum Gasteiger partial charge on any atom is 0.410 e. The number of nitro benzene ring substituents is 1. The molecule has 2 rings (SSSR count). The molecule has 26 heavy (non-hydrogen) atoms. The Balaban J connectivity index is 1.84. The number of hydrogen-bond donors (Lipinski definition) is 1. The van der Waals surface area contributed by atoms with E-state index >= 15 is 0 Å². The first-order valence-corrected chi connectivity index (χ1v) is 9.17. The van der Waals surface area contributed by atoms with Gasteiger partial charge in [0.2, 0.25) is 0 Å². The Hall–Kier alpha value is -2.15. The van der Waals surface area contributed by atoms with Gasteiger partial charge >= 0.3 is 6.09 Å². The summed E-state index contributed by atoms with van der Waals surface area (Å²) in [5.41, 5.74) is 1.37. The molecule has 1 aliphatic heterocycles. The van der Waals surface area contributed by atoms with Crippen LogP contribution < -0.4 is 5.32 Å². The number of carbonyl (C=O) groups is 1. The highest BCUT2D eigenvalue weighted by Gasteiger charge is 2.26. The summed E-state index contributed by atoms with van der Waals surface area (Å²) in [6.45, 7) is 9.40. The molecule has 0 bridgehead atoms. The fraction of sp³-hybridized carbons (Fsp3) is 0.632. The quantitative estimate of drug-likeness (QED) is 0.638. The van der Waals surface area contributed by atoms with Crippen LogP contribution in [0.2, 0.25) is 0 Å². The zero-order chi connectivity index (χ0) is 19.3. The van der Waals surface area contributed by atoms with Gasteiger partial charge in [-0.05, 0) is 45.6 Å². The number of carbonyl (C=O) groups excluding carboxylic acids is 1. The normalized spacial score (nSPS) is 15.8. The highest BCUT2D eigenvalue weighted by molar-refractivity contribution is 5.68. The Morgan fingerprint density at radius 1 is 1.35 bits per heavy atom. The van der Waals surface area contributed by atoms with Gasteiger partial charge in [0.15, 0.2) is 0 Å². The fourth-order valence-corrected chi connectivity index (χ4v) is 3.04. The summed E-state index contributed by atoms with van der Waals surface area (Å²) in [6, 6.07) is 5.72. The molecule has 1 fully saturated rings. The Morgan fingerprint density at radius 2 is 2.00 bits per heavy atom. The standard InChI is InChI=1S/C19H29N3O4/c1-5-15-7-6-14(12-17(15)22(24)25)13-20-16-8-10-21(11-9-16)18(23)26-19(2,3)4/h6-7,12,16,20H,5,8-11,13H2,1-4H3. The molecule has 1 N–H and O–H groups in total. The van der Waals surface area contributed by atoms with Crippen molar-refractivity contribution in [2.75, 3.05) is 13.1 Å². The average molecular weight is 363 g/mol. The largest absolute Gasteiger partial charge is 0.444 e. The van der Waals surface area contributed by atoms with E-state index in [1.54, 1.807) is 11.0 Å². The zero-order valence-corrected chi connectivity index (χ0v) is 16.1. The van der Waals surface area contributed by atoms with E-state index in [2.05, 4.69) is 5.32 Å². The molecule has 1 amide bonds. The van der Waals surface area contributed by atoms with Crippen LogP contribution in [0.25, 0.3) is 0 Å². The minimum absolute atomic E-state index is 0.187. The molecule has 7 heteroatoms. The van der Waals surface area contributed by atoms with Gasteiger partial charge in [0, 0.05) is 37.3 Å². The van der Waals surface area contributed by atoms with Gasteiger partial charge in [0.1, 0.15) is 5.60 Å². The van der Waals surface area contributed by atoms with E-state index in [1.165, 1.54) is 0 Å². The summed E-state index contributed by atoms with van der Waals surface area (Å²) in [7, 11) is 0. The first-order chi connectivity index (χ1) is 12.2. The molecule has 0 aliphatic carbocycles. The molecule has 0 aromatic heterocycles. The minimum Gasteiger partial charge on any atom is -0.444 e. The number of amides is 1. The lowest BCUT2D eigenvalue weighted by Gasteiger charge is -2.33. The Kier molecular flexibility index (Phi) is 6.58. The molecule has 1 aliphatic rings. The zero-order valence-electron chi connectivity index (χ0n) is 16.1. The first-order valence-electron chi connectivity index (χ1n) is 9.17. The SMILES string of the molecule is CCc1ccc(CNC2CCN(C(=O)OC(C)(C)C)CC2)cc1[N+](=O)[O-]. The van der Waals surface area contributed by atoms with E-state index in [-0.39, 0.29) is 16.7 Å². The summed E-state index contributed by atoms with van der Waals surface area (Å²) in [4.78, 5) is 24.7. The van der Waals surface area contributed by atoms with Gasteiger partial charge < -0.3 is 15.0 Å². The van der Waals surface area contributed by atoms with Crippen LogP contribution in [-0.2, 0) is 17.7 Å². The number of nitro groups is 1. The van der Waals surface area contributed by atoms with Crippen LogP contribution in [0.3, 0.4) is 0 Å². The number of ether oxygens (including phenoxy) is 1. The predicted octanol–water partition coefficient (Wildman–Crippen LogP) is 3.65. The second-order valence-electron chi connectivity index (χ2n) is 7.70. The molecule has 7 nitrogen and oxygen atoms in total. The molecule has 1 heterocycles. The van der Waals surface area contributed by atoms with E-state index < -0.39 is 5.60 Å². The fourth-order valence-electron chi connectivity index (χ4n) is 3.04. The lowest BCUT2D eigenvalue weighted by molar-refractivity contribution is -0.385. The molecule has 0 unspecified atom stereocenters. The smallest absolute Gasteiger partial charge is 0.410 e. The van der Waals surface area contributed by atoms with Gasteiger partial charge in [-0.3, -0.25) is 10.1 Å². The van der Waals surface area contributed by atoms with Crippen molar-refractivity contribution in [2.24, 2.45) is 0 Å². The minimum atomic E-state index is -0.481. The number of aryl methyl sites for hydroxylation is 1. The molecule has 144 valence electrons. The van der Waals surface area contributed by atoms with Crippen molar-refractivity contribution in [1.82, 2.24) is 10.2 Å². The predicted molar refractivity (Wildman–Crippen MR) is 100 cm³/mol. The third kappa shape index (κ3) is 5.69. The van der Waals surface area contributed by atoms with Gasteiger partial charge in [-0.15, -0.1) is 0 Å². The Bertz CT molecular complexity index is 647. The molecular formula is C19H29N3O4. The van der Waals surface area contributed by atoms with Gasteiger partial charge in [-0.2, -0.15) is 0 Å². The number of benzene rings is 1. The highest BCUT2D eigenvalue weighted by atomic mass is 16.6. The van der Waals surface area contributed by atoms with Gasteiger partial charge in [-0.1, -0.05) is 19.1 Å². The third-order valence-electron chi connectivity index (χ3n) is 4.47. The van der Waals surface area contributed by atoms with E-state index in [4.69, 9.17) is 4.74 Å². The third-order valence-corrected chi connectivity index (χ3v) is 4.47. The first kappa shape index (κ1) is 20.2. The molecule has 0 saturated carbocycles. The van der Waals surface area contributed by atoms with Crippen molar-refractivity contribution in [3.05, 3.63) is 39.4 Å². The Morgan fingerprint density at radius 3 is 2.54 bits per heavy atom. The average Bonchev–Trinajstić information content (AvgIpc) is 2.58. The monoisotopic (exact) mass is 363 g/mol. The molecule has 1 aromatic carbocycles. The van der Waals surface area contributed by atoms with Crippen LogP contribution in [0, 0.1) is 10.1 Å². The summed E-state index contributed by atoms with van der Waals surface area (Å²) < 4.78 is 5.40. The number of likely N-dealkylation sites (tertiary alicyclic amines) is 1. The van der Waals surface area contributed by atoms with Gasteiger partial charge in [0.25, 0.3) is 5.69 Å². The van der Waals surface area contributed by atoms with Crippen molar-refractivity contribution >= 4 is 11.8 Å². The number of rotatable bonds is 5. The summed E-state index contributed by atoms with van der Waals surface area (Å²) in [6.07, 6.45) is 2.07. The van der Waals surface area contributed by atoms with Crippen LogP contribution in [-0.4, -0.2) is 40.6 Å². The number of nitrogens with one attached hydrogen (secondary N) is 1. The molecule has 1 aromatic rings. The molecule has 1 saturated heterocycles. The number of piperidine rings is 1. The van der Waals surface area contributed by atoms with E-state index in [0.717, 1.165) is 24.0 Å². The van der Waals surface area contributed by atoms with E-state index in [0.29, 0.717) is 32.1 Å². The lowest BCUT2D eigenvalue weighted by atomic mass is 10.0. The summed E-state index contributed by atoms with van der Waals surface area (Å²) >= 11 is 0. The molecular weight excluding hydrogens is 334 g/mol. The topological polar surface area (TPSA) is 84.7 Å². The second kappa shape index (κ2) is 8.49. The summed E-state index contributed by atoms with van der Waals surface area (Å²) in [5.74, 6) is 0. The van der Waals surface area contributed by atoms with Crippen LogP contribution in [0.4, 0.5) is 10.5 Å². The summed E-state index contributed by atoms with van der Waals surface area (Å²) in [5, 5.41) is 14.6. The highest BCUT2D eigenvalue weighted by Crippen LogP contribution is 2.21. The molecule has 0 atom stereocenters.